The molecule has 0 spiro atoms. The molecule has 0 radical (unpaired) electrons. The Hall–Kier alpha value is -2.47. The highest BCUT2D eigenvalue weighted by Gasteiger charge is 2.01. The lowest BCUT2D eigenvalue weighted by Crippen LogP contribution is -2.14. The lowest BCUT2D eigenvalue weighted by molar-refractivity contribution is 0.667. The molecular weight excluding hydrogens is 252 g/mol. The summed E-state index contributed by atoms with van der Waals surface area (Å²) in [4.78, 5) is 16.1. The van der Waals surface area contributed by atoms with E-state index in [9.17, 15) is 0 Å². The molecule has 0 atom stereocenters. The molecule has 102 valence electrons. The van der Waals surface area contributed by atoms with Gasteiger partial charge >= 0.3 is 0 Å². The second-order valence-corrected chi connectivity index (χ2v) is 4.47. The van der Waals surface area contributed by atoms with Crippen molar-refractivity contribution in [3.63, 3.8) is 0 Å². The minimum Gasteiger partial charge on any atom is -0.357 e. The second-order valence-electron chi connectivity index (χ2n) is 4.47. The van der Waals surface area contributed by atoms with Crippen molar-refractivity contribution in [3.05, 3.63) is 48.0 Å². The van der Waals surface area contributed by atoms with E-state index < -0.39 is 0 Å². The van der Waals surface area contributed by atoms with Crippen LogP contribution in [0, 0.1) is 0 Å². The van der Waals surface area contributed by atoms with Gasteiger partial charge in [-0.1, -0.05) is 12.1 Å². The van der Waals surface area contributed by atoms with Gasteiger partial charge < -0.3 is 15.6 Å². The summed E-state index contributed by atoms with van der Waals surface area (Å²) in [5, 5.41) is 6.22. The van der Waals surface area contributed by atoms with Crippen molar-refractivity contribution in [2.24, 2.45) is 0 Å². The van der Waals surface area contributed by atoms with Crippen LogP contribution in [0.1, 0.15) is 11.4 Å². The van der Waals surface area contributed by atoms with Crippen LogP contribution in [0.25, 0.3) is 11.0 Å². The lowest BCUT2D eigenvalue weighted by atomic mass is 10.3. The Morgan fingerprint density at radius 2 is 1.90 bits per heavy atom. The summed E-state index contributed by atoms with van der Waals surface area (Å²) >= 11 is 0. The lowest BCUT2D eigenvalue weighted by Gasteiger charge is -2.03. The van der Waals surface area contributed by atoms with E-state index >= 15 is 0 Å². The number of nitrogens with zero attached hydrogens (tertiary/aromatic N) is 3. The van der Waals surface area contributed by atoms with Crippen molar-refractivity contribution in [2.75, 3.05) is 12.4 Å². The molecule has 0 aliphatic heterocycles. The number of aromatic nitrogens is 4. The summed E-state index contributed by atoms with van der Waals surface area (Å²) in [6.07, 6.45) is 3.62. The zero-order chi connectivity index (χ0) is 13.8. The van der Waals surface area contributed by atoms with E-state index in [1.165, 1.54) is 0 Å². The fourth-order valence-corrected chi connectivity index (χ4v) is 1.99. The van der Waals surface area contributed by atoms with Crippen molar-refractivity contribution in [1.82, 2.24) is 25.3 Å². The monoisotopic (exact) mass is 268 g/mol. The molecule has 1 aromatic carbocycles. The van der Waals surface area contributed by atoms with Crippen LogP contribution in [-0.2, 0) is 13.1 Å². The summed E-state index contributed by atoms with van der Waals surface area (Å²) in [5.74, 6) is 1.56. The molecule has 0 bridgehead atoms. The van der Waals surface area contributed by atoms with Crippen molar-refractivity contribution in [3.8, 4) is 0 Å². The van der Waals surface area contributed by atoms with Crippen LogP contribution < -0.4 is 10.6 Å². The Balaban J connectivity index is 1.58. The molecule has 0 aliphatic rings. The fourth-order valence-electron chi connectivity index (χ4n) is 1.99. The molecule has 0 saturated heterocycles. The summed E-state index contributed by atoms with van der Waals surface area (Å²) in [7, 11) is 1.80. The summed E-state index contributed by atoms with van der Waals surface area (Å²) in [6.45, 7) is 1.39. The number of anilines is 1. The van der Waals surface area contributed by atoms with Crippen molar-refractivity contribution in [1.29, 1.82) is 0 Å². The van der Waals surface area contributed by atoms with Gasteiger partial charge in [0.15, 0.2) is 0 Å². The second kappa shape index (κ2) is 5.66. The van der Waals surface area contributed by atoms with Gasteiger partial charge in [-0.05, 0) is 12.1 Å². The number of imidazole rings is 1. The van der Waals surface area contributed by atoms with E-state index in [-0.39, 0.29) is 0 Å². The average Bonchev–Trinajstić information content (AvgIpc) is 2.90. The maximum Gasteiger partial charge on any atom is 0.222 e. The van der Waals surface area contributed by atoms with Gasteiger partial charge in [-0.3, -0.25) is 0 Å². The van der Waals surface area contributed by atoms with Crippen LogP contribution in [-0.4, -0.2) is 27.0 Å². The van der Waals surface area contributed by atoms with Crippen LogP contribution in [0.3, 0.4) is 0 Å². The van der Waals surface area contributed by atoms with E-state index in [0.717, 1.165) is 22.4 Å². The van der Waals surface area contributed by atoms with Crippen LogP contribution in [0.5, 0.6) is 0 Å². The van der Waals surface area contributed by atoms with Crippen LogP contribution >= 0.6 is 0 Å². The van der Waals surface area contributed by atoms with Gasteiger partial charge in [0.2, 0.25) is 5.95 Å². The van der Waals surface area contributed by atoms with E-state index in [4.69, 9.17) is 0 Å². The molecule has 0 saturated carbocycles. The molecule has 6 heteroatoms. The number of hydrogen-bond acceptors (Lipinski definition) is 5. The number of fused-ring (bicyclic) bond motifs is 1. The molecule has 2 heterocycles. The first-order valence-corrected chi connectivity index (χ1v) is 6.48. The standard InChI is InChI=1S/C14H16N6/c1-15-14-17-7-10(8-18-14)6-16-9-13-19-11-4-2-3-5-12(11)20-13/h2-5,7-8,16H,6,9H2,1H3,(H,19,20)(H,15,17,18). The van der Waals surface area contributed by atoms with Gasteiger partial charge in [0.25, 0.3) is 0 Å². The SMILES string of the molecule is CNc1ncc(CNCc2nc3ccccc3[nH]2)cn1. The van der Waals surface area contributed by atoms with E-state index in [2.05, 4.69) is 30.6 Å². The van der Waals surface area contributed by atoms with Crippen LogP contribution in [0.2, 0.25) is 0 Å². The molecule has 2 aromatic heterocycles. The third-order valence-corrected chi connectivity index (χ3v) is 2.99. The molecule has 0 aliphatic carbocycles. The highest BCUT2D eigenvalue weighted by Crippen LogP contribution is 2.10. The molecule has 20 heavy (non-hydrogen) atoms. The van der Waals surface area contributed by atoms with Crippen molar-refractivity contribution >= 4 is 17.0 Å². The number of aromatic amines is 1. The molecule has 0 unspecified atom stereocenters. The van der Waals surface area contributed by atoms with Crippen LogP contribution in [0.4, 0.5) is 5.95 Å². The maximum atomic E-state index is 4.51. The summed E-state index contributed by atoms with van der Waals surface area (Å²) < 4.78 is 0. The molecule has 3 rings (SSSR count). The van der Waals surface area contributed by atoms with Gasteiger partial charge in [-0.2, -0.15) is 0 Å². The molecule has 3 aromatic rings. The number of hydrogen-bond donors (Lipinski definition) is 3. The summed E-state index contributed by atoms with van der Waals surface area (Å²) in [6, 6.07) is 8.01. The van der Waals surface area contributed by atoms with Gasteiger partial charge in [0, 0.05) is 31.5 Å². The predicted molar refractivity (Wildman–Crippen MR) is 78.2 cm³/mol. The number of H-pyrrole nitrogens is 1. The topological polar surface area (TPSA) is 78.5 Å². The Kier molecular flexibility index (Phi) is 3.56. The Morgan fingerprint density at radius 3 is 2.65 bits per heavy atom. The average molecular weight is 268 g/mol. The zero-order valence-corrected chi connectivity index (χ0v) is 11.2. The smallest absolute Gasteiger partial charge is 0.222 e. The maximum absolute atomic E-state index is 4.51. The Labute approximate surface area is 116 Å². The number of para-hydroxylation sites is 2. The molecule has 3 N–H and O–H groups in total. The molecular formula is C14H16N6. The fraction of sp³-hybridized carbons (Fsp3) is 0.214. The van der Waals surface area contributed by atoms with E-state index in [0.29, 0.717) is 19.0 Å². The minimum atomic E-state index is 0.631. The first-order valence-electron chi connectivity index (χ1n) is 6.48. The summed E-state index contributed by atoms with van der Waals surface area (Å²) in [5.41, 5.74) is 3.09. The van der Waals surface area contributed by atoms with Crippen molar-refractivity contribution < 1.29 is 0 Å². The molecule has 6 nitrogen and oxygen atoms in total. The first-order chi connectivity index (χ1) is 9.85. The van der Waals surface area contributed by atoms with Crippen molar-refractivity contribution in [2.45, 2.75) is 13.1 Å². The normalized spacial score (nSPS) is 10.8. The predicted octanol–water partition coefficient (Wildman–Crippen LogP) is 1.68. The van der Waals surface area contributed by atoms with E-state index in [1.54, 1.807) is 7.05 Å². The Morgan fingerprint density at radius 1 is 1.10 bits per heavy atom. The zero-order valence-electron chi connectivity index (χ0n) is 11.2. The molecule has 0 amide bonds. The number of rotatable bonds is 5. The largest absolute Gasteiger partial charge is 0.357 e. The van der Waals surface area contributed by atoms with Gasteiger partial charge in [-0.15, -0.1) is 0 Å². The number of benzene rings is 1. The van der Waals surface area contributed by atoms with Gasteiger partial charge in [-0.25, -0.2) is 15.0 Å². The molecule has 0 fully saturated rings. The highest BCUT2D eigenvalue weighted by atomic mass is 15.1. The van der Waals surface area contributed by atoms with Crippen LogP contribution in [0.15, 0.2) is 36.7 Å². The third-order valence-electron chi connectivity index (χ3n) is 2.99. The van der Waals surface area contributed by atoms with E-state index in [1.807, 2.05) is 36.7 Å². The quantitative estimate of drug-likeness (QED) is 0.656. The third kappa shape index (κ3) is 2.75. The minimum absolute atomic E-state index is 0.631. The van der Waals surface area contributed by atoms with Gasteiger partial charge in [0.05, 0.1) is 17.6 Å². The Bertz CT molecular complexity index is 655. The highest BCUT2D eigenvalue weighted by molar-refractivity contribution is 5.74. The van der Waals surface area contributed by atoms with Gasteiger partial charge in [0.1, 0.15) is 5.82 Å². The number of nitrogens with one attached hydrogen (secondary N) is 3. The first kappa shape index (κ1) is 12.6.